The van der Waals surface area contributed by atoms with Gasteiger partial charge in [-0.1, -0.05) is 24.3 Å². The van der Waals surface area contributed by atoms with Gasteiger partial charge in [0, 0.05) is 44.2 Å². The Labute approximate surface area is 172 Å². The smallest absolute Gasteiger partial charge is 0.191 e. The van der Waals surface area contributed by atoms with Gasteiger partial charge in [-0.25, -0.2) is 4.98 Å². The minimum Gasteiger partial charge on any atom is -0.356 e. The van der Waals surface area contributed by atoms with Crippen LogP contribution in [0.3, 0.4) is 0 Å². The number of benzene rings is 1. The maximum absolute atomic E-state index is 4.38. The Kier molecular flexibility index (Phi) is 9.99. The summed E-state index contributed by atoms with van der Waals surface area (Å²) in [7, 11) is 5.96. The van der Waals surface area contributed by atoms with Gasteiger partial charge in [-0.15, -0.1) is 35.3 Å². The van der Waals surface area contributed by atoms with Crippen LogP contribution in [0.5, 0.6) is 0 Å². The predicted octanol–water partition coefficient (Wildman–Crippen LogP) is 3.04. The van der Waals surface area contributed by atoms with Crippen molar-refractivity contribution in [2.24, 2.45) is 4.99 Å². The van der Waals surface area contributed by atoms with E-state index in [0.717, 1.165) is 37.0 Å². The number of aliphatic imine (C=N–C) groups is 1. The number of thiazole rings is 1. The molecule has 0 spiro atoms. The van der Waals surface area contributed by atoms with Gasteiger partial charge in [0.2, 0.25) is 0 Å². The molecule has 138 valence electrons. The lowest BCUT2D eigenvalue weighted by molar-refractivity contribution is 0.402. The molecule has 0 bridgehead atoms. The van der Waals surface area contributed by atoms with Crippen molar-refractivity contribution in [3.8, 4) is 0 Å². The van der Waals surface area contributed by atoms with Crippen LogP contribution in [0.15, 0.2) is 35.5 Å². The lowest BCUT2D eigenvalue weighted by Crippen LogP contribution is -2.37. The molecule has 5 nitrogen and oxygen atoms in total. The molecule has 0 aliphatic carbocycles. The molecule has 0 atom stereocenters. The Morgan fingerprint density at radius 1 is 1.24 bits per heavy atom. The van der Waals surface area contributed by atoms with Gasteiger partial charge in [0.1, 0.15) is 0 Å². The lowest BCUT2D eigenvalue weighted by atomic mass is 10.1. The van der Waals surface area contributed by atoms with Crippen LogP contribution in [0.2, 0.25) is 0 Å². The fourth-order valence-corrected chi connectivity index (χ4v) is 3.20. The first-order valence-electron chi connectivity index (χ1n) is 8.15. The zero-order valence-corrected chi connectivity index (χ0v) is 18.5. The third kappa shape index (κ3) is 8.15. The Hall–Kier alpha value is -1.19. The third-order valence-electron chi connectivity index (χ3n) is 3.47. The maximum atomic E-state index is 4.38. The molecule has 2 N–H and O–H groups in total. The second-order valence-corrected chi connectivity index (χ2v) is 7.34. The van der Waals surface area contributed by atoms with Crippen molar-refractivity contribution in [2.75, 3.05) is 27.7 Å². The first-order valence-corrected chi connectivity index (χ1v) is 8.97. The summed E-state index contributed by atoms with van der Waals surface area (Å²) in [5.41, 5.74) is 2.58. The van der Waals surface area contributed by atoms with Crippen LogP contribution in [0.1, 0.15) is 21.0 Å². The molecule has 25 heavy (non-hydrogen) atoms. The zero-order valence-electron chi connectivity index (χ0n) is 15.4. The number of halogens is 1. The van der Waals surface area contributed by atoms with Gasteiger partial charge in [0.25, 0.3) is 0 Å². The average Bonchev–Trinajstić information content (AvgIpc) is 2.96. The highest BCUT2D eigenvalue weighted by atomic mass is 127. The van der Waals surface area contributed by atoms with E-state index >= 15 is 0 Å². The fourth-order valence-electron chi connectivity index (χ4n) is 2.41. The molecule has 1 aromatic heterocycles. The molecule has 1 heterocycles. The normalized spacial score (nSPS) is 11.3. The number of rotatable bonds is 7. The molecule has 0 fully saturated rings. The van der Waals surface area contributed by atoms with E-state index in [9.17, 15) is 0 Å². The van der Waals surface area contributed by atoms with Crippen molar-refractivity contribution in [2.45, 2.75) is 26.4 Å². The number of nitrogens with zero attached hydrogens (tertiary/aromatic N) is 3. The van der Waals surface area contributed by atoms with Gasteiger partial charge in [-0.3, -0.25) is 4.99 Å². The highest BCUT2D eigenvalue weighted by Crippen LogP contribution is 2.11. The Morgan fingerprint density at radius 3 is 2.64 bits per heavy atom. The van der Waals surface area contributed by atoms with E-state index in [1.54, 1.807) is 18.4 Å². The molecule has 0 saturated heterocycles. The molecular weight excluding hydrogens is 445 g/mol. The lowest BCUT2D eigenvalue weighted by Gasteiger charge is -2.13. The molecule has 0 aliphatic rings. The summed E-state index contributed by atoms with van der Waals surface area (Å²) in [6, 6.07) is 8.64. The number of guanidine groups is 1. The number of nitrogens with one attached hydrogen (secondary N) is 2. The van der Waals surface area contributed by atoms with E-state index in [1.807, 2.05) is 6.20 Å². The molecule has 2 rings (SSSR count). The number of aromatic nitrogens is 1. The van der Waals surface area contributed by atoms with Gasteiger partial charge in [0.15, 0.2) is 5.96 Å². The van der Waals surface area contributed by atoms with Crippen LogP contribution in [-0.2, 0) is 19.5 Å². The van der Waals surface area contributed by atoms with Crippen LogP contribution >= 0.6 is 35.3 Å². The van der Waals surface area contributed by atoms with Crippen LogP contribution in [0.25, 0.3) is 0 Å². The van der Waals surface area contributed by atoms with Crippen molar-refractivity contribution in [1.82, 2.24) is 20.5 Å². The van der Waals surface area contributed by atoms with E-state index in [2.05, 4.69) is 70.8 Å². The number of aryl methyl sites for hydroxylation is 1. The van der Waals surface area contributed by atoms with Gasteiger partial charge in [-0.2, -0.15) is 0 Å². The van der Waals surface area contributed by atoms with Crippen molar-refractivity contribution >= 4 is 41.3 Å². The van der Waals surface area contributed by atoms with E-state index < -0.39 is 0 Å². The topological polar surface area (TPSA) is 52.6 Å². The monoisotopic (exact) mass is 473 g/mol. The van der Waals surface area contributed by atoms with Crippen LogP contribution < -0.4 is 10.6 Å². The molecule has 7 heteroatoms. The van der Waals surface area contributed by atoms with E-state index in [-0.39, 0.29) is 24.0 Å². The van der Waals surface area contributed by atoms with Crippen molar-refractivity contribution in [3.63, 3.8) is 0 Å². The minimum absolute atomic E-state index is 0. The Bertz CT molecular complexity index is 669. The van der Waals surface area contributed by atoms with Gasteiger partial charge in [0.05, 0.1) is 5.01 Å². The highest BCUT2D eigenvalue weighted by molar-refractivity contribution is 14.0. The molecule has 0 amide bonds. The molecular formula is C18H28IN5S. The maximum Gasteiger partial charge on any atom is 0.191 e. The predicted molar refractivity (Wildman–Crippen MR) is 118 cm³/mol. The standard InChI is InChI=1S/C18H27N5S.HI/c1-14-11-21-17(24-14)8-9-20-18(19-2)22-12-15-6-5-7-16(10-15)13-23(3)4;/h5-7,10-11H,8-9,12-13H2,1-4H3,(H2,19,20,22);1H. The molecule has 0 radical (unpaired) electrons. The molecule has 0 unspecified atom stereocenters. The summed E-state index contributed by atoms with van der Waals surface area (Å²) in [6.07, 6.45) is 2.84. The highest BCUT2D eigenvalue weighted by Gasteiger charge is 2.02. The minimum atomic E-state index is 0. The molecule has 0 aliphatic heterocycles. The molecule has 2 aromatic rings. The average molecular weight is 473 g/mol. The van der Waals surface area contributed by atoms with Gasteiger partial charge in [-0.05, 0) is 32.1 Å². The van der Waals surface area contributed by atoms with Crippen LogP contribution in [0.4, 0.5) is 0 Å². The third-order valence-corrected chi connectivity index (χ3v) is 4.45. The first-order chi connectivity index (χ1) is 11.6. The van der Waals surface area contributed by atoms with Crippen molar-refractivity contribution in [1.29, 1.82) is 0 Å². The SMILES string of the molecule is CN=C(NCCc1ncc(C)s1)NCc1cccc(CN(C)C)c1.I. The summed E-state index contributed by atoms with van der Waals surface area (Å²) in [5, 5.41) is 7.87. The fraction of sp³-hybridized carbons (Fsp3) is 0.444. The van der Waals surface area contributed by atoms with E-state index in [1.165, 1.54) is 16.0 Å². The number of hydrogen-bond donors (Lipinski definition) is 2. The summed E-state index contributed by atoms with van der Waals surface area (Å²) in [5.74, 6) is 0.821. The second kappa shape index (κ2) is 11.4. The Morgan fingerprint density at radius 2 is 2.00 bits per heavy atom. The quantitative estimate of drug-likeness (QED) is 0.369. The van der Waals surface area contributed by atoms with Crippen molar-refractivity contribution < 1.29 is 0 Å². The summed E-state index contributed by atoms with van der Waals surface area (Å²) in [6.45, 7) is 4.62. The van der Waals surface area contributed by atoms with Crippen LogP contribution in [-0.4, -0.2) is 43.5 Å². The molecule has 1 aromatic carbocycles. The molecule has 0 saturated carbocycles. The number of hydrogen-bond acceptors (Lipinski definition) is 4. The van der Waals surface area contributed by atoms with Gasteiger partial charge < -0.3 is 15.5 Å². The Balaban J connectivity index is 0.00000312. The van der Waals surface area contributed by atoms with Crippen LogP contribution in [0, 0.1) is 6.92 Å². The zero-order chi connectivity index (χ0) is 17.4. The first kappa shape index (κ1) is 21.9. The van der Waals surface area contributed by atoms with Crippen molar-refractivity contribution in [3.05, 3.63) is 51.5 Å². The second-order valence-electron chi connectivity index (χ2n) is 6.02. The van der Waals surface area contributed by atoms with Gasteiger partial charge >= 0.3 is 0 Å². The summed E-state index contributed by atoms with van der Waals surface area (Å²) in [4.78, 5) is 12.1. The van der Waals surface area contributed by atoms with E-state index in [0.29, 0.717) is 0 Å². The largest absolute Gasteiger partial charge is 0.356 e. The summed E-state index contributed by atoms with van der Waals surface area (Å²) >= 11 is 1.75. The summed E-state index contributed by atoms with van der Waals surface area (Å²) < 4.78 is 0. The van der Waals surface area contributed by atoms with E-state index in [4.69, 9.17) is 0 Å².